The van der Waals surface area contributed by atoms with Crippen molar-refractivity contribution >= 4 is 11.8 Å². The van der Waals surface area contributed by atoms with Crippen LogP contribution >= 0.6 is 0 Å². The standard InChI is InChI=1S/C28H31FN2O4/c1-30(28(33)23-12-14-35-15-13-23)18-27(32)31-17-25(26(31)19-34-2)22-10-8-20(9-11-22)6-7-21-4-3-5-24(29)16-21/h3-5,8-11,16,23,25-26H,12-15,17-19H2,1-2H3/t25-,26+/m0/s1. The molecule has 2 heterocycles. The van der Waals surface area contributed by atoms with E-state index in [9.17, 15) is 14.0 Å². The average molecular weight is 479 g/mol. The lowest BCUT2D eigenvalue weighted by atomic mass is 9.82. The van der Waals surface area contributed by atoms with E-state index in [2.05, 4.69) is 11.8 Å². The molecule has 2 aromatic carbocycles. The summed E-state index contributed by atoms with van der Waals surface area (Å²) in [5.74, 6) is 5.77. The maximum absolute atomic E-state index is 13.3. The molecule has 0 aromatic heterocycles. The van der Waals surface area contributed by atoms with Crippen molar-refractivity contribution in [3.8, 4) is 11.8 Å². The van der Waals surface area contributed by atoms with Crippen molar-refractivity contribution in [1.82, 2.24) is 9.80 Å². The fourth-order valence-electron chi connectivity index (χ4n) is 4.69. The summed E-state index contributed by atoms with van der Waals surface area (Å²) < 4.78 is 24.1. The SMILES string of the molecule is COC[C@@H]1[C@H](c2ccc(C#Cc3cccc(F)c3)cc2)CN1C(=O)CN(C)C(=O)C1CCOCC1. The molecular weight excluding hydrogens is 447 g/mol. The molecule has 0 unspecified atom stereocenters. The molecule has 0 spiro atoms. The molecule has 0 saturated carbocycles. The Morgan fingerprint density at radius 2 is 1.83 bits per heavy atom. The van der Waals surface area contributed by atoms with Gasteiger partial charge in [0.15, 0.2) is 0 Å². The van der Waals surface area contributed by atoms with Crippen molar-refractivity contribution in [2.45, 2.75) is 24.8 Å². The summed E-state index contributed by atoms with van der Waals surface area (Å²) in [5.41, 5.74) is 2.57. The van der Waals surface area contributed by atoms with E-state index in [0.29, 0.717) is 44.8 Å². The molecule has 2 atom stereocenters. The molecule has 2 aliphatic rings. The van der Waals surface area contributed by atoms with Gasteiger partial charge in [-0.1, -0.05) is 30.0 Å². The quantitative estimate of drug-likeness (QED) is 0.599. The molecule has 4 rings (SSSR count). The summed E-state index contributed by atoms with van der Waals surface area (Å²) in [4.78, 5) is 29.0. The van der Waals surface area contributed by atoms with Crippen molar-refractivity contribution in [1.29, 1.82) is 0 Å². The first-order chi connectivity index (χ1) is 17.0. The van der Waals surface area contributed by atoms with Gasteiger partial charge in [-0.25, -0.2) is 4.39 Å². The fraction of sp³-hybridized carbons (Fsp3) is 0.429. The zero-order valence-electron chi connectivity index (χ0n) is 20.2. The molecule has 0 bridgehead atoms. The minimum absolute atomic E-state index is 0.0111. The van der Waals surface area contributed by atoms with Crippen molar-refractivity contribution < 1.29 is 23.5 Å². The lowest BCUT2D eigenvalue weighted by molar-refractivity contribution is -0.149. The number of carbonyl (C=O) groups excluding carboxylic acids is 2. The summed E-state index contributed by atoms with van der Waals surface area (Å²) in [7, 11) is 3.33. The fourth-order valence-corrected chi connectivity index (χ4v) is 4.69. The summed E-state index contributed by atoms with van der Waals surface area (Å²) >= 11 is 0. The van der Waals surface area contributed by atoms with Gasteiger partial charge in [-0.3, -0.25) is 9.59 Å². The molecular formula is C28H31FN2O4. The van der Waals surface area contributed by atoms with Gasteiger partial charge in [-0.15, -0.1) is 0 Å². The molecule has 7 heteroatoms. The van der Waals surface area contributed by atoms with E-state index in [-0.39, 0.29) is 42.1 Å². The molecule has 2 fully saturated rings. The van der Waals surface area contributed by atoms with Gasteiger partial charge in [-0.05, 0) is 48.7 Å². The van der Waals surface area contributed by atoms with Crippen LogP contribution in [0, 0.1) is 23.6 Å². The monoisotopic (exact) mass is 478 g/mol. The minimum atomic E-state index is -0.306. The van der Waals surface area contributed by atoms with Gasteiger partial charge in [0.2, 0.25) is 11.8 Å². The van der Waals surface area contributed by atoms with E-state index in [1.54, 1.807) is 36.1 Å². The van der Waals surface area contributed by atoms with Gasteiger partial charge in [0.25, 0.3) is 0 Å². The molecule has 2 aliphatic heterocycles. The molecule has 35 heavy (non-hydrogen) atoms. The summed E-state index contributed by atoms with van der Waals surface area (Å²) in [6, 6.07) is 14.1. The Balaban J connectivity index is 1.36. The van der Waals surface area contributed by atoms with Gasteiger partial charge in [-0.2, -0.15) is 0 Å². The zero-order valence-corrected chi connectivity index (χ0v) is 20.2. The van der Waals surface area contributed by atoms with Crippen molar-refractivity contribution in [2.24, 2.45) is 5.92 Å². The molecule has 2 amide bonds. The number of ether oxygens (including phenoxy) is 2. The maximum atomic E-state index is 13.3. The Kier molecular flexibility index (Phi) is 8.17. The summed E-state index contributed by atoms with van der Waals surface area (Å²) in [5, 5.41) is 0. The maximum Gasteiger partial charge on any atom is 0.242 e. The van der Waals surface area contributed by atoms with Crippen molar-refractivity contribution in [3.63, 3.8) is 0 Å². The molecule has 2 saturated heterocycles. The van der Waals surface area contributed by atoms with Gasteiger partial charge >= 0.3 is 0 Å². The van der Waals surface area contributed by atoms with Crippen LogP contribution < -0.4 is 0 Å². The molecule has 0 radical (unpaired) electrons. The number of nitrogens with zero attached hydrogens (tertiary/aromatic N) is 2. The van der Waals surface area contributed by atoms with Gasteiger partial charge in [0.05, 0.1) is 19.2 Å². The van der Waals surface area contributed by atoms with E-state index >= 15 is 0 Å². The molecule has 2 aromatic rings. The second-order valence-corrected chi connectivity index (χ2v) is 9.14. The molecule has 0 N–H and O–H groups in total. The number of hydrogen-bond donors (Lipinski definition) is 0. The first-order valence-electron chi connectivity index (χ1n) is 11.9. The van der Waals surface area contributed by atoms with E-state index in [1.165, 1.54) is 12.1 Å². The number of amides is 2. The predicted octanol–water partition coefficient (Wildman–Crippen LogP) is 3.05. The highest BCUT2D eigenvalue weighted by Gasteiger charge is 2.43. The van der Waals surface area contributed by atoms with E-state index in [1.807, 2.05) is 24.3 Å². The number of benzene rings is 2. The van der Waals surface area contributed by atoms with Crippen LogP contribution in [0.3, 0.4) is 0 Å². The number of hydrogen-bond acceptors (Lipinski definition) is 4. The summed E-state index contributed by atoms with van der Waals surface area (Å²) in [6.45, 7) is 2.27. The van der Waals surface area contributed by atoms with Crippen molar-refractivity contribution in [3.05, 3.63) is 71.0 Å². The van der Waals surface area contributed by atoms with Gasteiger partial charge < -0.3 is 19.3 Å². The van der Waals surface area contributed by atoms with E-state index < -0.39 is 0 Å². The Bertz CT molecular complexity index is 1100. The number of likely N-dealkylation sites (N-methyl/N-ethyl adjacent to an activating group) is 1. The number of carbonyl (C=O) groups is 2. The van der Waals surface area contributed by atoms with Gasteiger partial charge in [0, 0.05) is 56.9 Å². The normalized spacial score (nSPS) is 19.9. The minimum Gasteiger partial charge on any atom is -0.383 e. The number of likely N-dealkylation sites (tertiary alicyclic amines) is 1. The Hall–Kier alpha value is -3.21. The third-order valence-electron chi connectivity index (χ3n) is 6.75. The van der Waals surface area contributed by atoms with Crippen LogP contribution in [-0.2, 0) is 19.1 Å². The zero-order chi connectivity index (χ0) is 24.8. The highest BCUT2D eigenvalue weighted by molar-refractivity contribution is 5.86. The number of methoxy groups -OCH3 is 1. The third-order valence-corrected chi connectivity index (χ3v) is 6.75. The molecule has 0 aliphatic carbocycles. The second kappa shape index (κ2) is 11.5. The van der Waals surface area contributed by atoms with Crippen LogP contribution in [0.2, 0.25) is 0 Å². The second-order valence-electron chi connectivity index (χ2n) is 9.14. The lowest BCUT2D eigenvalue weighted by Crippen LogP contribution is -2.61. The average Bonchev–Trinajstić information content (AvgIpc) is 2.86. The first kappa shape index (κ1) is 24.9. The predicted molar refractivity (Wildman–Crippen MR) is 130 cm³/mol. The lowest BCUT2D eigenvalue weighted by Gasteiger charge is -2.48. The van der Waals surface area contributed by atoms with Crippen LogP contribution in [0.4, 0.5) is 4.39 Å². The number of rotatable bonds is 6. The topological polar surface area (TPSA) is 59.1 Å². The summed E-state index contributed by atoms with van der Waals surface area (Å²) in [6.07, 6.45) is 1.41. The number of halogens is 1. The van der Waals surface area contributed by atoms with Crippen LogP contribution in [0.15, 0.2) is 48.5 Å². The van der Waals surface area contributed by atoms with E-state index in [4.69, 9.17) is 9.47 Å². The Labute approximate surface area is 206 Å². The third kappa shape index (κ3) is 6.08. The van der Waals surface area contributed by atoms with Crippen LogP contribution in [0.25, 0.3) is 0 Å². The Morgan fingerprint density at radius 1 is 1.11 bits per heavy atom. The smallest absolute Gasteiger partial charge is 0.242 e. The first-order valence-corrected chi connectivity index (χ1v) is 11.9. The van der Waals surface area contributed by atoms with Crippen molar-refractivity contribution in [2.75, 3.05) is 47.1 Å². The largest absolute Gasteiger partial charge is 0.383 e. The van der Waals surface area contributed by atoms with Crippen LogP contribution in [0.1, 0.15) is 35.4 Å². The van der Waals surface area contributed by atoms with E-state index in [0.717, 1.165) is 11.1 Å². The Morgan fingerprint density at radius 3 is 2.51 bits per heavy atom. The highest BCUT2D eigenvalue weighted by Crippen LogP contribution is 2.35. The van der Waals surface area contributed by atoms with Gasteiger partial charge in [0.1, 0.15) is 5.82 Å². The molecule has 6 nitrogen and oxygen atoms in total. The van der Waals surface area contributed by atoms with Crippen LogP contribution in [-0.4, -0.2) is 74.7 Å². The van der Waals surface area contributed by atoms with Crippen LogP contribution in [0.5, 0.6) is 0 Å². The highest BCUT2D eigenvalue weighted by atomic mass is 19.1. The molecule has 184 valence electrons.